The third-order valence-electron chi connectivity index (χ3n) is 3.43. The van der Waals surface area contributed by atoms with Gasteiger partial charge in [-0.15, -0.1) is 0 Å². The van der Waals surface area contributed by atoms with Gasteiger partial charge in [0.1, 0.15) is 11.6 Å². The van der Waals surface area contributed by atoms with Crippen molar-refractivity contribution >= 4 is 0 Å². The molecule has 0 saturated heterocycles. The molecule has 3 nitrogen and oxygen atoms in total. The average Bonchev–Trinajstić information content (AvgIpc) is 2.50. The van der Waals surface area contributed by atoms with Crippen LogP contribution in [0.3, 0.4) is 0 Å². The molecule has 4 heteroatoms. The summed E-state index contributed by atoms with van der Waals surface area (Å²) in [4.78, 5) is 2.07. The van der Waals surface area contributed by atoms with Crippen molar-refractivity contribution in [2.45, 2.75) is 19.6 Å². The Morgan fingerprint density at radius 3 is 2.33 bits per heavy atom. The molecule has 0 spiro atoms. The topological polar surface area (TPSA) is 38.5 Å². The number of hydrogen-bond donors (Lipinski definition) is 1. The Balaban J connectivity index is 2.02. The van der Waals surface area contributed by atoms with Crippen LogP contribution in [0.15, 0.2) is 42.5 Å². The second kappa shape index (κ2) is 7.20. The Morgan fingerprint density at radius 1 is 1.05 bits per heavy atom. The van der Waals surface area contributed by atoms with Crippen molar-refractivity contribution in [3.63, 3.8) is 0 Å². The number of ether oxygens (including phenoxy) is 1. The Morgan fingerprint density at radius 2 is 1.71 bits per heavy atom. The summed E-state index contributed by atoms with van der Waals surface area (Å²) in [6.07, 6.45) is 0. The normalized spacial score (nSPS) is 10.9. The molecule has 0 aliphatic carbocycles. The molecule has 0 aromatic heterocycles. The fraction of sp³-hybridized carbons (Fsp3) is 0.294. The second-order valence-corrected chi connectivity index (χ2v) is 5.11. The molecule has 0 atom stereocenters. The zero-order valence-corrected chi connectivity index (χ0v) is 12.5. The summed E-state index contributed by atoms with van der Waals surface area (Å²) in [5.41, 5.74) is 7.93. The predicted octanol–water partition coefficient (Wildman–Crippen LogP) is 2.93. The van der Waals surface area contributed by atoms with E-state index >= 15 is 0 Å². The van der Waals surface area contributed by atoms with Gasteiger partial charge in [0.05, 0.1) is 7.11 Å². The number of halogens is 1. The van der Waals surface area contributed by atoms with Crippen molar-refractivity contribution in [2.24, 2.45) is 5.73 Å². The highest BCUT2D eigenvalue weighted by Crippen LogP contribution is 2.17. The van der Waals surface area contributed by atoms with E-state index in [0.29, 0.717) is 17.7 Å². The van der Waals surface area contributed by atoms with Crippen molar-refractivity contribution < 1.29 is 9.13 Å². The van der Waals surface area contributed by atoms with Crippen LogP contribution in [0, 0.1) is 5.82 Å². The van der Waals surface area contributed by atoms with E-state index in [4.69, 9.17) is 10.5 Å². The Bertz CT molecular complexity index is 584. The van der Waals surface area contributed by atoms with Crippen LogP contribution in [-0.2, 0) is 19.6 Å². The van der Waals surface area contributed by atoms with E-state index in [-0.39, 0.29) is 12.4 Å². The molecule has 0 radical (unpaired) electrons. The van der Waals surface area contributed by atoms with Gasteiger partial charge in [0.15, 0.2) is 0 Å². The lowest BCUT2D eigenvalue weighted by molar-refractivity contribution is 0.313. The Labute approximate surface area is 125 Å². The smallest absolute Gasteiger partial charge is 0.132 e. The van der Waals surface area contributed by atoms with Gasteiger partial charge in [0.2, 0.25) is 0 Å². The zero-order chi connectivity index (χ0) is 15.2. The summed E-state index contributed by atoms with van der Waals surface area (Å²) in [6, 6.07) is 13.3. The first kappa shape index (κ1) is 15.5. The summed E-state index contributed by atoms with van der Waals surface area (Å²) < 4.78 is 19.3. The fourth-order valence-corrected chi connectivity index (χ4v) is 2.30. The van der Waals surface area contributed by atoms with Crippen molar-refractivity contribution in [1.82, 2.24) is 4.90 Å². The molecule has 2 rings (SSSR count). The molecule has 0 bridgehead atoms. The van der Waals surface area contributed by atoms with Crippen LogP contribution >= 0.6 is 0 Å². The van der Waals surface area contributed by atoms with E-state index in [2.05, 4.69) is 4.90 Å². The highest BCUT2D eigenvalue weighted by molar-refractivity contribution is 5.28. The van der Waals surface area contributed by atoms with Crippen LogP contribution in [0.25, 0.3) is 0 Å². The Kier molecular flexibility index (Phi) is 5.31. The van der Waals surface area contributed by atoms with Gasteiger partial charge in [0.25, 0.3) is 0 Å². The van der Waals surface area contributed by atoms with Crippen molar-refractivity contribution in [3.8, 4) is 5.75 Å². The van der Waals surface area contributed by atoms with Crippen molar-refractivity contribution in [2.75, 3.05) is 14.2 Å². The first-order chi connectivity index (χ1) is 10.1. The minimum Gasteiger partial charge on any atom is -0.497 e. The molecule has 0 heterocycles. The van der Waals surface area contributed by atoms with E-state index in [0.717, 1.165) is 17.9 Å². The van der Waals surface area contributed by atoms with E-state index in [1.807, 2.05) is 37.4 Å². The Hall–Kier alpha value is -1.91. The molecular formula is C17H21FN2O. The molecule has 0 saturated carbocycles. The molecule has 0 amide bonds. The molecule has 0 unspecified atom stereocenters. The zero-order valence-electron chi connectivity index (χ0n) is 12.5. The van der Waals surface area contributed by atoms with Gasteiger partial charge in [-0.25, -0.2) is 4.39 Å². The molecule has 0 aliphatic heterocycles. The lowest BCUT2D eigenvalue weighted by Gasteiger charge is -2.18. The third-order valence-corrected chi connectivity index (χ3v) is 3.43. The molecular weight excluding hydrogens is 267 g/mol. The van der Waals surface area contributed by atoms with Crippen LogP contribution in [-0.4, -0.2) is 19.1 Å². The minimum absolute atomic E-state index is 0.193. The van der Waals surface area contributed by atoms with Gasteiger partial charge >= 0.3 is 0 Å². The van der Waals surface area contributed by atoms with Gasteiger partial charge < -0.3 is 10.5 Å². The molecule has 21 heavy (non-hydrogen) atoms. The first-order valence-electron chi connectivity index (χ1n) is 6.92. The van der Waals surface area contributed by atoms with Gasteiger partial charge in [0, 0.05) is 30.8 Å². The molecule has 0 aliphatic rings. The monoisotopic (exact) mass is 288 g/mol. The van der Waals surface area contributed by atoms with Crippen LogP contribution < -0.4 is 10.5 Å². The lowest BCUT2D eigenvalue weighted by Crippen LogP contribution is -2.18. The van der Waals surface area contributed by atoms with Gasteiger partial charge in [-0.1, -0.05) is 30.3 Å². The maximum atomic E-state index is 14.1. The molecule has 0 fully saturated rings. The van der Waals surface area contributed by atoms with Gasteiger partial charge in [-0.2, -0.15) is 0 Å². The number of hydrogen-bond acceptors (Lipinski definition) is 3. The number of nitrogens with two attached hydrogens (primary N) is 1. The minimum atomic E-state index is -0.193. The van der Waals surface area contributed by atoms with Crippen molar-refractivity contribution in [3.05, 3.63) is 65.0 Å². The number of nitrogens with zero attached hydrogens (tertiary/aromatic N) is 1. The lowest BCUT2D eigenvalue weighted by atomic mass is 10.1. The van der Waals surface area contributed by atoms with Crippen LogP contribution in [0.5, 0.6) is 5.75 Å². The van der Waals surface area contributed by atoms with Crippen LogP contribution in [0.2, 0.25) is 0 Å². The number of methoxy groups -OCH3 is 1. The van der Waals surface area contributed by atoms with E-state index < -0.39 is 0 Å². The predicted molar refractivity (Wildman–Crippen MR) is 82.5 cm³/mol. The summed E-state index contributed by atoms with van der Waals surface area (Å²) in [5, 5.41) is 0. The van der Waals surface area contributed by atoms with Crippen LogP contribution in [0.4, 0.5) is 4.39 Å². The highest BCUT2D eigenvalue weighted by atomic mass is 19.1. The molecule has 2 aromatic carbocycles. The van der Waals surface area contributed by atoms with Crippen molar-refractivity contribution in [1.29, 1.82) is 0 Å². The first-order valence-corrected chi connectivity index (χ1v) is 6.92. The quantitative estimate of drug-likeness (QED) is 0.888. The van der Waals surface area contributed by atoms with E-state index in [9.17, 15) is 4.39 Å². The largest absolute Gasteiger partial charge is 0.497 e. The molecule has 112 valence electrons. The SMILES string of the molecule is COc1ccc(CN(C)Cc2cccc(CN)c2F)cc1. The van der Waals surface area contributed by atoms with E-state index in [1.165, 1.54) is 0 Å². The van der Waals surface area contributed by atoms with E-state index in [1.54, 1.807) is 19.2 Å². The summed E-state index contributed by atoms with van der Waals surface area (Å²) >= 11 is 0. The maximum absolute atomic E-state index is 14.1. The second-order valence-electron chi connectivity index (χ2n) is 5.11. The van der Waals surface area contributed by atoms with Gasteiger partial charge in [-0.3, -0.25) is 4.90 Å². The fourth-order valence-electron chi connectivity index (χ4n) is 2.30. The molecule has 2 N–H and O–H groups in total. The third kappa shape index (κ3) is 4.03. The van der Waals surface area contributed by atoms with Crippen LogP contribution in [0.1, 0.15) is 16.7 Å². The number of rotatable bonds is 6. The standard InChI is InChI=1S/C17H21FN2O/c1-20(11-13-6-8-16(21-2)9-7-13)12-15-5-3-4-14(10-19)17(15)18/h3-9H,10-12,19H2,1-2H3. The van der Waals surface area contributed by atoms with Gasteiger partial charge in [-0.05, 0) is 24.7 Å². The summed E-state index contributed by atoms with van der Waals surface area (Å²) in [6.45, 7) is 1.52. The number of benzene rings is 2. The summed E-state index contributed by atoms with van der Waals surface area (Å²) in [5.74, 6) is 0.643. The highest BCUT2D eigenvalue weighted by Gasteiger charge is 2.09. The maximum Gasteiger partial charge on any atom is 0.132 e. The summed E-state index contributed by atoms with van der Waals surface area (Å²) in [7, 11) is 3.62. The average molecular weight is 288 g/mol. The molecule has 2 aromatic rings.